The number of hydrogen-bond donors (Lipinski definition) is 0. The molecule has 2 aromatic heterocycles. The first-order valence-electron chi connectivity index (χ1n) is 7.10. The Labute approximate surface area is 143 Å². The zero-order chi connectivity index (χ0) is 15.7. The highest BCUT2D eigenvalue weighted by Crippen LogP contribution is 2.41. The van der Waals surface area contributed by atoms with Crippen molar-refractivity contribution in [2.75, 3.05) is 0 Å². The molecule has 0 spiro atoms. The second kappa shape index (κ2) is 6.14. The lowest BCUT2D eigenvalue weighted by atomic mass is 9.87. The van der Waals surface area contributed by atoms with Crippen LogP contribution in [0.15, 0.2) is 44.8 Å². The first-order chi connectivity index (χ1) is 10.4. The summed E-state index contributed by atoms with van der Waals surface area (Å²) < 4.78 is 5.32. The van der Waals surface area contributed by atoms with Crippen molar-refractivity contribution in [2.24, 2.45) is 0 Å². The van der Waals surface area contributed by atoms with E-state index in [4.69, 9.17) is 0 Å². The largest absolute Gasteiger partial charge is 0.142 e. The van der Waals surface area contributed by atoms with Crippen molar-refractivity contribution in [3.63, 3.8) is 0 Å². The topological polar surface area (TPSA) is 25.8 Å². The highest BCUT2D eigenvalue weighted by Gasteiger charge is 2.17. The maximum absolute atomic E-state index is 4.31. The molecule has 0 aliphatic carbocycles. The first kappa shape index (κ1) is 15.7. The van der Waals surface area contributed by atoms with E-state index in [1.54, 1.807) is 23.1 Å². The quantitative estimate of drug-likeness (QED) is 0.579. The van der Waals surface area contributed by atoms with Crippen LogP contribution >= 0.6 is 34.6 Å². The second-order valence-electron chi connectivity index (χ2n) is 6.22. The molecular weight excluding hydrogens is 328 g/mol. The number of aryl methyl sites for hydroxylation is 1. The smallest absolute Gasteiger partial charge is 0.129 e. The van der Waals surface area contributed by atoms with Gasteiger partial charge in [0.25, 0.3) is 0 Å². The van der Waals surface area contributed by atoms with Crippen molar-refractivity contribution in [1.29, 1.82) is 0 Å². The minimum atomic E-state index is 0.158. The lowest BCUT2D eigenvalue weighted by Crippen LogP contribution is -2.11. The third-order valence-corrected chi connectivity index (χ3v) is 6.38. The molecular formula is C17H18N2S3. The van der Waals surface area contributed by atoms with E-state index in [2.05, 4.69) is 73.0 Å². The summed E-state index contributed by atoms with van der Waals surface area (Å²) in [6.07, 6.45) is 0. The van der Waals surface area contributed by atoms with Crippen LogP contribution in [0, 0.1) is 6.92 Å². The van der Waals surface area contributed by atoms with Gasteiger partial charge in [0, 0.05) is 4.90 Å². The second-order valence-corrected chi connectivity index (χ2v) is 9.23. The summed E-state index contributed by atoms with van der Waals surface area (Å²) in [6, 6.07) is 10.9. The van der Waals surface area contributed by atoms with E-state index in [-0.39, 0.29) is 5.41 Å². The Balaban J connectivity index is 1.96. The van der Waals surface area contributed by atoms with Crippen molar-refractivity contribution in [3.8, 4) is 10.6 Å². The zero-order valence-electron chi connectivity index (χ0n) is 13.1. The molecule has 0 aliphatic rings. The summed E-state index contributed by atoms with van der Waals surface area (Å²) in [7, 11) is 0. The van der Waals surface area contributed by atoms with E-state index >= 15 is 0 Å². The summed E-state index contributed by atoms with van der Waals surface area (Å²) in [5.74, 6) is 0. The number of hydrogen-bond acceptors (Lipinski definition) is 5. The van der Waals surface area contributed by atoms with Crippen molar-refractivity contribution < 1.29 is 0 Å². The maximum Gasteiger partial charge on any atom is 0.129 e. The van der Waals surface area contributed by atoms with E-state index in [1.807, 2.05) is 0 Å². The summed E-state index contributed by atoms with van der Waals surface area (Å²) in [5, 5.41) is 6.39. The Bertz CT molecular complexity index is 768. The van der Waals surface area contributed by atoms with Crippen LogP contribution in [0.4, 0.5) is 0 Å². The fourth-order valence-corrected chi connectivity index (χ4v) is 4.75. The van der Waals surface area contributed by atoms with Crippen molar-refractivity contribution in [3.05, 3.63) is 46.8 Å². The predicted molar refractivity (Wildman–Crippen MR) is 97.2 cm³/mol. The Morgan fingerprint density at radius 2 is 1.95 bits per heavy atom. The average molecular weight is 347 g/mol. The van der Waals surface area contributed by atoms with Crippen LogP contribution in [-0.2, 0) is 5.41 Å². The van der Waals surface area contributed by atoms with Gasteiger partial charge in [0.1, 0.15) is 9.90 Å². The van der Waals surface area contributed by atoms with Gasteiger partial charge in [0.05, 0.1) is 4.88 Å². The van der Waals surface area contributed by atoms with E-state index in [0.717, 1.165) is 9.90 Å². The van der Waals surface area contributed by atoms with Crippen LogP contribution < -0.4 is 0 Å². The molecule has 3 rings (SSSR count). The minimum absolute atomic E-state index is 0.158. The SMILES string of the molecule is Cc1ccc(C(C)(C)C)cc1Sc1snnc1-c1cccs1. The van der Waals surface area contributed by atoms with Gasteiger partial charge in [-0.3, -0.25) is 0 Å². The number of thiophene rings is 1. The normalized spacial score (nSPS) is 11.8. The monoisotopic (exact) mass is 346 g/mol. The first-order valence-corrected chi connectivity index (χ1v) is 9.57. The standard InChI is InChI=1S/C17H18N2S3/c1-11-7-8-12(17(2,3)4)10-14(11)21-16-15(18-19-22-16)13-6-5-9-20-13/h5-10H,1-4H3. The Morgan fingerprint density at radius 1 is 1.14 bits per heavy atom. The zero-order valence-corrected chi connectivity index (χ0v) is 15.5. The molecule has 0 radical (unpaired) electrons. The van der Waals surface area contributed by atoms with Gasteiger partial charge in [-0.05, 0) is 52.5 Å². The lowest BCUT2D eigenvalue weighted by molar-refractivity contribution is 0.588. The molecule has 0 amide bonds. The van der Waals surface area contributed by atoms with Crippen LogP contribution in [-0.4, -0.2) is 9.59 Å². The van der Waals surface area contributed by atoms with Gasteiger partial charge in [-0.1, -0.05) is 55.2 Å². The van der Waals surface area contributed by atoms with Crippen LogP contribution in [0.3, 0.4) is 0 Å². The van der Waals surface area contributed by atoms with Gasteiger partial charge in [-0.25, -0.2) is 0 Å². The van der Waals surface area contributed by atoms with Gasteiger partial charge < -0.3 is 0 Å². The average Bonchev–Trinajstić information content (AvgIpc) is 3.10. The van der Waals surface area contributed by atoms with Gasteiger partial charge >= 0.3 is 0 Å². The Morgan fingerprint density at radius 3 is 2.64 bits per heavy atom. The summed E-state index contributed by atoms with van der Waals surface area (Å²) in [6.45, 7) is 8.90. The lowest BCUT2D eigenvalue weighted by Gasteiger charge is -2.20. The Hall–Kier alpha value is -1.17. The molecule has 114 valence electrons. The molecule has 0 unspecified atom stereocenters. The van der Waals surface area contributed by atoms with Gasteiger partial charge in [0.15, 0.2) is 0 Å². The third-order valence-electron chi connectivity index (χ3n) is 3.47. The van der Waals surface area contributed by atoms with Crippen molar-refractivity contribution in [2.45, 2.75) is 42.2 Å². The minimum Gasteiger partial charge on any atom is -0.142 e. The van der Waals surface area contributed by atoms with E-state index < -0.39 is 0 Å². The van der Waals surface area contributed by atoms with Crippen LogP contribution in [0.1, 0.15) is 31.9 Å². The van der Waals surface area contributed by atoms with Crippen LogP contribution in [0.2, 0.25) is 0 Å². The molecule has 2 heterocycles. The number of benzene rings is 1. The fraction of sp³-hybridized carbons (Fsp3) is 0.294. The fourth-order valence-electron chi connectivity index (χ4n) is 2.09. The van der Waals surface area contributed by atoms with Gasteiger partial charge in [-0.2, -0.15) is 0 Å². The molecule has 3 aromatic rings. The molecule has 0 bridgehead atoms. The molecule has 0 fully saturated rings. The van der Waals surface area contributed by atoms with Crippen LogP contribution in [0.5, 0.6) is 0 Å². The summed E-state index contributed by atoms with van der Waals surface area (Å²) in [4.78, 5) is 2.47. The highest BCUT2D eigenvalue weighted by molar-refractivity contribution is 8.01. The molecule has 2 nitrogen and oxygen atoms in total. The molecule has 1 aromatic carbocycles. The molecule has 0 N–H and O–H groups in total. The third kappa shape index (κ3) is 3.26. The number of rotatable bonds is 3. The molecule has 5 heteroatoms. The van der Waals surface area contributed by atoms with Gasteiger partial charge in [-0.15, -0.1) is 16.4 Å². The molecule has 0 aliphatic heterocycles. The van der Waals surface area contributed by atoms with Crippen molar-refractivity contribution >= 4 is 34.6 Å². The van der Waals surface area contributed by atoms with E-state index in [1.165, 1.54) is 32.4 Å². The number of aromatic nitrogens is 2. The molecule has 0 saturated heterocycles. The van der Waals surface area contributed by atoms with E-state index in [0.29, 0.717) is 0 Å². The van der Waals surface area contributed by atoms with Crippen LogP contribution in [0.25, 0.3) is 10.6 Å². The summed E-state index contributed by atoms with van der Waals surface area (Å²) >= 11 is 4.96. The highest BCUT2D eigenvalue weighted by atomic mass is 32.2. The summed E-state index contributed by atoms with van der Waals surface area (Å²) in [5.41, 5.74) is 3.82. The maximum atomic E-state index is 4.31. The molecule has 0 saturated carbocycles. The van der Waals surface area contributed by atoms with Gasteiger partial charge in [0.2, 0.25) is 0 Å². The Kier molecular flexibility index (Phi) is 4.39. The van der Waals surface area contributed by atoms with Crippen molar-refractivity contribution in [1.82, 2.24) is 9.59 Å². The molecule has 22 heavy (non-hydrogen) atoms. The molecule has 0 atom stereocenters. The number of nitrogens with zero attached hydrogens (tertiary/aromatic N) is 2. The predicted octanol–water partition coefficient (Wildman–Crippen LogP) is 6.02. The van der Waals surface area contributed by atoms with E-state index in [9.17, 15) is 0 Å².